The van der Waals surface area contributed by atoms with Crippen LogP contribution in [0.3, 0.4) is 0 Å². The van der Waals surface area contributed by atoms with E-state index in [-0.39, 0.29) is 12.5 Å². The average molecular weight is 617 g/mol. The van der Waals surface area contributed by atoms with Crippen LogP contribution in [-0.2, 0) is 26.4 Å². The highest BCUT2D eigenvalue weighted by Gasteiger charge is 2.34. The molecule has 11 heteroatoms. The standard InChI is InChI=1S/C32H32N4O5S2/c1-35-31(38)29(42-32(35)33-26-13-15-27(16-14-26)36-20-30(37)34-43(36,39)40)19-22-9-17-28(18-10-22)41-21-23-7-11-25(12-8-23)24-5-3-2-4-6-24/h7-19,24H,2-6,20-21H2,1H3,(H,34,37)/b29-19-,33-32-. The van der Waals surface area contributed by atoms with E-state index in [4.69, 9.17) is 4.74 Å². The second-order valence-electron chi connectivity index (χ2n) is 10.9. The number of nitrogens with zero attached hydrogens (tertiary/aromatic N) is 3. The summed E-state index contributed by atoms with van der Waals surface area (Å²) >= 11 is 1.26. The van der Waals surface area contributed by atoms with Crippen molar-refractivity contribution in [3.63, 3.8) is 0 Å². The van der Waals surface area contributed by atoms with Crippen LogP contribution in [0.4, 0.5) is 11.4 Å². The van der Waals surface area contributed by atoms with Crippen molar-refractivity contribution in [3.8, 4) is 5.75 Å². The lowest BCUT2D eigenvalue weighted by atomic mass is 9.84. The Morgan fingerprint density at radius 2 is 1.65 bits per heavy atom. The lowest BCUT2D eigenvalue weighted by Gasteiger charge is -2.22. The maximum atomic E-state index is 12.9. The first kappa shape index (κ1) is 29.0. The molecule has 222 valence electrons. The first-order valence-corrected chi connectivity index (χ1v) is 16.5. The van der Waals surface area contributed by atoms with Gasteiger partial charge in [0.1, 0.15) is 18.9 Å². The third-order valence-electron chi connectivity index (χ3n) is 7.83. The molecule has 0 aromatic heterocycles. The largest absolute Gasteiger partial charge is 0.489 e. The predicted molar refractivity (Wildman–Crippen MR) is 169 cm³/mol. The molecule has 3 fully saturated rings. The predicted octanol–water partition coefficient (Wildman–Crippen LogP) is 5.73. The van der Waals surface area contributed by atoms with Gasteiger partial charge in [0.05, 0.1) is 16.3 Å². The number of amides is 2. The molecule has 0 unspecified atom stereocenters. The quantitative estimate of drug-likeness (QED) is 0.340. The van der Waals surface area contributed by atoms with Crippen LogP contribution in [0.1, 0.15) is 54.7 Å². The maximum Gasteiger partial charge on any atom is 0.326 e. The molecule has 1 aliphatic carbocycles. The van der Waals surface area contributed by atoms with Gasteiger partial charge in [-0.15, -0.1) is 0 Å². The number of thioether (sulfide) groups is 1. The molecule has 9 nitrogen and oxygen atoms in total. The van der Waals surface area contributed by atoms with Crippen molar-refractivity contribution in [2.45, 2.75) is 44.6 Å². The minimum atomic E-state index is -3.88. The van der Waals surface area contributed by atoms with Gasteiger partial charge in [-0.2, -0.15) is 8.42 Å². The summed E-state index contributed by atoms with van der Waals surface area (Å²) in [5.74, 6) is 0.709. The van der Waals surface area contributed by atoms with Gasteiger partial charge < -0.3 is 4.74 Å². The molecule has 2 aliphatic heterocycles. The fraction of sp³-hybridized carbons (Fsp3) is 0.281. The molecular weight excluding hydrogens is 585 g/mol. The first-order chi connectivity index (χ1) is 20.7. The summed E-state index contributed by atoms with van der Waals surface area (Å²) in [7, 11) is -2.21. The van der Waals surface area contributed by atoms with Gasteiger partial charge in [-0.05, 0) is 89.7 Å². The summed E-state index contributed by atoms with van der Waals surface area (Å²) in [6, 6.07) is 22.9. The van der Waals surface area contributed by atoms with Crippen molar-refractivity contribution in [1.82, 2.24) is 9.62 Å². The summed E-state index contributed by atoms with van der Waals surface area (Å²) in [6.45, 7) is 0.229. The van der Waals surface area contributed by atoms with Gasteiger partial charge in [-0.3, -0.25) is 14.5 Å². The third-order valence-corrected chi connectivity index (χ3v) is 10.3. The normalized spacial score (nSPS) is 20.7. The van der Waals surface area contributed by atoms with Crippen molar-refractivity contribution in [2.75, 3.05) is 17.9 Å². The smallest absolute Gasteiger partial charge is 0.326 e. The molecule has 3 aromatic rings. The van der Waals surface area contributed by atoms with Crippen molar-refractivity contribution in [1.29, 1.82) is 0 Å². The highest BCUT2D eigenvalue weighted by Crippen LogP contribution is 2.35. The Kier molecular flexibility index (Phi) is 8.27. The number of carbonyl (C=O) groups is 2. The second kappa shape index (κ2) is 12.3. The highest BCUT2D eigenvalue weighted by molar-refractivity contribution is 8.18. The summed E-state index contributed by atoms with van der Waals surface area (Å²) in [6.07, 6.45) is 8.42. The Bertz CT molecular complexity index is 1680. The zero-order chi connectivity index (χ0) is 30.0. The molecule has 2 heterocycles. The third kappa shape index (κ3) is 6.62. The molecule has 43 heavy (non-hydrogen) atoms. The first-order valence-electron chi connectivity index (χ1n) is 14.3. The van der Waals surface area contributed by atoms with Crippen LogP contribution < -0.4 is 13.8 Å². The van der Waals surface area contributed by atoms with E-state index in [0.717, 1.165) is 21.2 Å². The van der Waals surface area contributed by atoms with E-state index in [0.29, 0.717) is 34.0 Å². The molecule has 3 aromatic carbocycles. The summed E-state index contributed by atoms with van der Waals surface area (Å²) in [5.41, 5.74) is 4.34. The number of carbonyl (C=O) groups excluding carboxylic acids is 2. The molecule has 2 saturated heterocycles. The van der Waals surface area contributed by atoms with E-state index in [1.165, 1.54) is 54.3 Å². The van der Waals surface area contributed by atoms with Crippen LogP contribution in [0.15, 0.2) is 82.7 Å². The van der Waals surface area contributed by atoms with Gasteiger partial charge in [-0.25, -0.2) is 14.0 Å². The number of aliphatic imine (C=N–C) groups is 1. The topological polar surface area (TPSA) is 108 Å². The van der Waals surface area contributed by atoms with E-state index in [9.17, 15) is 18.0 Å². The molecule has 0 radical (unpaired) electrons. The van der Waals surface area contributed by atoms with E-state index < -0.39 is 16.1 Å². The fourth-order valence-electron chi connectivity index (χ4n) is 5.43. The van der Waals surface area contributed by atoms with E-state index in [1.807, 2.05) is 35.1 Å². The molecule has 2 amide bonds. The van der Waals surface area contributed by atoms with E-state index in [1.54, 1.807) is 31.3 Å². The number of likely N-dealkylation sites (N-methyl/N-ethyl adjacent to an activating group) is 1. The monoisotopic (exact) mass is 616 g/mol. The van der Waals surface area contributed by atoms with Crippen LogP contribution >= 0.6 is 11.8 Å². The van der Waals surface area contributed by atoms with Gasteiger partial charge in [0.25, 0.3) is 11.8 Å². The molecule has 1 N–H and O–H groups in total. The molecule has 0 atom stereocenters. The van der Waals surface area contributed by atoms with Crippen LogP contribution in [0.2, 0.25) is 0 Å². The minimum Gasteiger partial charge on any atom is -0.489 e. The van der Waals surface area contributed by atoms with Gasteiger partial charge >= 0.3 is 10.2 Å². The van der Waals surface area contributed by atoms with Crippen molar-refractivity contribution < 1.29 is 22.7 Å². The Labute approximate surface area is 255 Å². The molecule has 6 rings (SSSR count). The molecule has 1 saturated carbocycles. The van der Waals surface area contributed by atoms with Crippen LogP contribution in [-0.4, -0.2) is 43.9 Å². The number of rotatable bonds is 7. The lowest BCUT2D eigenvalue weighted by Crippen LogP contribution is -2.29. The number of amidine groups is 1. The molecule has 0 bridgehead atoms. The zero-order valence-electron chi connectivity index (χ0n) is 23.7. The molecule has 0 spiro atoms. The van der Waals surface area contributed by atoms with Gasteiger partial charge in [0.15, 0.2) is 5.17 Å². The Balaban J connectivity index is 1.06. The Morgan fingerprint density at radius 3 is 2.30 bits per heavy atom. The zero-order valence-corrected chi connectivity index (χ0v) is 25.4. The second-order valence-corrected chi connectivity index (χ2v) is 13.5. The van der Waals surface area contributed by atoms with Crippen LogP contribution in [0.5, 0.6) is 5.75 Å². The van der Waals surface area contributed by atoms with Crippen LogP contribution in [0, 0.1) is 0 Å². The Morgan fingerprint density at radius 1 is 0.953 bits per heavy atom. The van der Waals surface area contributed by atoms with E-state index >= 15 is 0 Å². The van der Waals surface area contributed by atoms with Crippen molar-refractivity contribution in [3.05, 3.63) is 94.4 Å². The summed E-state index contributed by atoms with van der Waals surface area (Å²) < 4.78 is 33.1. The van der Waals surface area contributed by atoms with Gasteiger partial charge in [-0.1, -0.05) is 55.7 Å². The molecule has 3 aliphatic rings. The van der Waals surface area contributed by atoms with Crippen LogP contribution in [0.25, 0.3) is 6.08 Å². The van der Waals surface area contributed by atoms with Gasteiger partial charge in [0.2, 0.25) is 0 Å². The van der Waals surface area contributed by atoms with Crippen molar-refractivity contribution >= 4 is 56.4 Å². The highest BCUT2D eigenvalue weighted by atomic mass is 32.2. The minimum absolute atomic E-state index is 0.162. The summed E-state index contributed by atoms with van der Waals surface area (Å²) in [5, 5.41) is 0.504. The SMILES string of the molecule is CN1C(=O)/C(=C/c2ccc(OCc3ccc(C4CCCCC4)cc3)cc2)S/C1=N\c1ccc(N2CC(=O)NS2(=O)=O)cc1. The number of ether oxygens (including phenoxy) is 1. The van der Waals surface area contributed by atoms with Crippen molar-refractivity contribution in [2.24, 2.45) is 4.99 Å². The number of benzene rings is 3. The summed E-state index contributed by atoms with van der Waals surface area (Å²) in [4.78, 5) is 31.0. The lowest BCUT2D eigenvalue weighted by molar-refractivity contribution is -0.121. The number of anilines is 1. The number of nitrogens with one attached hydrogen (secondary N) is 1. The Hall–Kier alpha value is -4.09. The average Bonchev–Trinajstić information content (AvgIpc) is 3.45. The molecular formula is C32H32N4O5S2. The van der Waals surface area contributed by atoms with E-state index in [2.05, 4.69) is 29.3 Å². The number of hydrogen-bond donors (Lipinski definition) is 1. The fourth-order valence-corrected chi connectivity index (χ4v) is 7.57. The van der Waals surface area contributed by atoms with Gasteiger partial charge in [0, 0.05) is 7.05 Å². The number of hydrogen-bond acceptors (Lipinski definition) is 7. The maximum absolute atomic E-state index is 12.9.